The normalized spacial score (nSPS) is 33.9. The van der Waals surface area contributed by atoms with Crippen LogP contribution in [0.3, 0.4) is 0 Å². The van der Waals surface area contributed by atoms with E-state index < -0.39 is 0 Å². The summed E-state index contributed by atoms with van der Waals surface area (Å²) < 4.78 is 0. The first-order valence-electron chi connectivity index (χ1n) is 5.47. The maximum atomic E-state index is 11.6. The van der Waals surface area contributed by atoms with Crippen LogP contribution in [0.2, 0.25) is 0 Å². The standard InChI is InChI=1S/C11H16N2O2/c12-5-3-10(15)13-6-9-2-1-4-11(9,7-13)8-14/h9,14H,1-4,6-8H2/t9-,11-/m0/s1. The number of hydrogen-bond donors (Lipinski definition) is 1. The van der Waals surface area contributed by atoms with E-state index in [-0.39, 0.29) is 24.3 Å². The monoisotopic (exact) mass is 208 g/mol. The number of likely N-dealkylation sites (tertiary alicyclic amines) is 1. The van der Waals surface area contributed by atoms with E-state index in [2.05, 4.69) is 0 Å². The second-order valence-electron chi connectivity index (χ2n) is 4.72. The molecule has 2 rings (SSSR count). The Labute approximate surface area is 89.5 Å². The maximum absolute atomic E-state index is 11.6. The van der Waals surface area contributed by atoms with Gasteiger partial charge in [-0.1, -0.05) is 6.42 Å². The number of fused-ring (bicyclic) bond motifs is 1. The molecular weight excluding hydrogens is 192 g/mol. The van der Waals surface area contributed by atoms with Gasteiger partial charge in [0, 0.05) is 18.5 Å². The molecule has 4 nitrogen and oxygen atoms in total. The Hall–Kier alpha value is -1.08. The van der Waals surface area contributed by atoms with Crippen LogP contribution >= 0.6 is 0 Å². The van der Waals surface area contributed by atoms with E-state index in [1.54, 1.807) is 4.90 Å². The predicted octanol–water partition coefficient (Wildman–Crippen LogP) is 0.521. The van der Waals surface area contributed by atoms with Crippen LogP contribution in [0.25, 0.3) is 0 Å². The van der Waals surface area contributed by atoms with Crippen molar-refractivity contribution in [2.45, 2.75) is 25.7 Å². The van der Waals surface area contributed by atoms with Crippen LogP contribution in [0.15, 0.2) is 0 Å². The van der Waals surface area contributed by atoms with Crippen molar-refractivity contribution in [2.75, 3.05) is 19.7 Å². The van der Waals surface area contributed by atoms with Crippen molar-refractivity contribution in [1.29, 1.82) is 5.26 Å². The molecule has 2 fully saturated rings. The zero-order valence-electron chi connectivity index (χ0n) is 8.78. The van der Waals surface area contributed by atoms with Crippen molar-refractivity contribution in [1.82, 2.24) is 4.90 Å². The van der Waals surface area contributed by atoms with Gasteiger partial charge in [-0.25, -0.2) is 0 Å². The Bertz CT molecular complexity index is 310. The van der Waals surface area contributed by atoms with E-state index in [9.17, 15) is 9.90 Å². The van der Waals surface area contributed by atoms with Gasteiger partial charge >= 0.3 is 0 Å². The molecule has 0 aromatic heterocycles. The molecule has 0 aromatic rings. The van der Waals surface area contributed by atoms with Crippen molar-refractivity contribution < 1.29 is 9.90 Å². The first-order chi connectivity index (χ1) is 7.22. The predicted molar refractivity (Wildman–Crippen MR) is 53.7 cm³/mol. The van der Waals surface area contributed by atoms with Gasteiger partial charge in [0.05, 0.1) is 12.7 Å². The molecule has 1 saturated carbocycles. The van der Waals surface area contributed by atoms with Gasteiger partial charge in [0.15, 0.2) is 0 Å². The summed E-state index contributed by atoms with van der Waals surface area (Å²) in [6, 6.07) is 1.89. The topological polar surface area (TPSA) is 64.3 Å². The third-order valence-electron chi connectivity index (χ3n) is 3.94. The summed E-state index contributed by atoms with van der Waals surface area (Å²) in [5.74, 6) is 0.366. The average molecular weight is 208 g/mol. The van der Waals surface area contributed by atoms with Gasteiger partial charge in [-0.2, -0.15) is 5.26 Å². The number of aliphatic hydroxyl groups is 1. The summed E-state index contributed by atoms with van der Waals surface area (Å²) in [6.45, 7) is 1.56. The third-order valence-corrected chi connectivity index (χ3v) is 3.94. The van der Waals surface area contributed by atoms with E-state index >= 15 is 0 Å². The highest BCUT2D eigenvalue weighted by Crippen LogP contribution is 2.48. The van der Waals surface area contributed by atoms with Crippen LogP contribution < -0.4 is 0 Å². The van der Waals surface area contributed by atoms with Crippen molar-refractivity contribution in [3.05, 3.63) is 0 Å². The molecule has 0 radical (unpaired) electrons. The second kappa shape index (κ2) is 3.82. The first-order valence-corrected chi connectivity index (χ1v) is 5.47. The summed E-state index contributed by atoms with van der Waals surface area (Å²) in [5.41, 5.74) is -0.0505. The van der Waals surface area contributed by atoms with Crippen LogP contribution in [-0.2, 0) is 4.79 Å². The highest BCUT2D eigenvalue weighted by atomic mass is 16.3. The maximum Gasteiger partial charge on any atom is 0.236 e. The highest BCUT2D eigenvalue weighted by molar-refractivity contribution is 5.78. The Balaban J connectivity index is 2.05. The lowest BCUT2D eigenvalue weighted by Gasteiger charge is -2.25. The third kappa shape index (κ3) is 1.61. The number of carbonyl (C=O) groups is 1. The van der Waals surface area contributed by atoms with Crippen molar-refractivity contribution in [2.24, 2.45) is 11.3 Å². The number of nitriles is 1. The summed E-state index contributed by atoms with van der Waals surface area (Å²) >= 11 is 0. The molecule has 4 heteroatoms. The molecule has 2 aliphatic rings. The zero-order valence-corrected chi connectivity index (χ0v) is 8.78. The molecule has 1 amide bonds. The van der Waals surface area contributed by atoms with E-state index in [0.717, 1.165) is 25.8 Å². The van der Waals surface area contributed by atoms with E-state index in [0.29, 0.717) is 12.5 Å². The summed E-state index contributed by atoms with van der Waals surface area (Å²) in [7, 11) is 0. The molecule has 1 aliphatic heterocycles. The summed E-state index contributed by atoms with van der Waals surface area (Å²) in [4.78, 5) is 13.3. The van der Waals surface area contributed by atoms with Crippen LogP contribution in [0.5, 0.6) is 0 Å². The molecule has 82 valence electrons. The minimum Gasteiger partial charge on any atom is -0.396 e. The molecule has 1 N–H and O–H groups in total. The fourth-order valence-corrected chi connectivity index (χ4v) is 3.04. The number of hydrogen-bond acceptors (Lipinski definition) is 3. The number of carbonyl (C=O) groups excluding carboxylic acids is 1. The SMILES string of the molecule is N#CCC(=O)N1C[C@@H]2CCC[C@@]2(CO)C1. The lowest BCUT2D eigenvalue weighted by atomic mass is 9.82. The number of rotatable bonds is 2. The van der Waals surface area contributed by atoms with E-state index in [1.807, 2.05) is 6.07 Å². The van der Waals surface area contributed by atoms with Crippen molar-refractivity contribution in [3.8, 4) is 6.07 Å². The Morgan fingerprint density at radius 1 is 1.67 bits per heavy atom. The van der Waals surface area contributed by atoms with Gasteiger partial charge in [-0.3, -0.25) is 4.79 Å². The van der Waals surface area contributed by atoms with Crippen LogP contribution in [0, 0.1) is 22.7 Å². The van der Waals surface area contributed by atoms with Gasteiger partial charge in [0.2, 0.25) is 5.91 Å². The summed E-state index contributed by atoms with van der Waals surface area (Å²) in [5, 5.41) is 17.9. The number of aliphatic hydroxyl groups excluding tert-OH is 1. The largest absolute Gasteiger partial charge is 0.396 e. The molecule has 0 spiro atoms. The highest BCUT2D eigenvalue weighted by Gasteiger charge is 2.49. The molecule has 15 heavy (non-hydrogen) atoms. The Morgan fingerprint density at radius 2 is 2.47 bits per heavy atom. The van der Waals surface area contributed by atoms with Crippen molar-refractivity contribution >= 4 is 5.91 Å². The smallest absolute Gasteiger partial charge is 0.236 e. The number of nitrogens with zero attached hydrogens (tertiary/aromatic N) is 2. The fourth-order valence-electron chi connectivity index (χ4n) is 3.04. The lowest BCUT2D eigenvalue weighted by molar-refractivity contribution is -0.129. The van der Waals surface area contributed by atoms with E-state index in [1.165, 1.54) is 0 Å². The number of amides is 1. The van der Waals surface area contributed by atoms with Gasteiger partial charge < -0.3 is 10.0 Å². The molecule has 2 atom stereocenters. The zero-order chi connectivity index (χ0) is 10.9. The minimum atomic E-state index is -0.0836. The van der Waals surface area contributed by atoms with Gasteiger partial charge in [-0.05, 0) is 18.8 Å². The van der Waals surface area contributed by atoms with Gasteiger partial charge in [0.1, 0.15) is 6.42 Å². The summed E-state index contributed by atoms with van der Waals surface area (Å²) in [6.07, 6.45) is 3.25. The van der Waals surface area contributed by atoms with Gasteiger partial charge in [0.25, 0.3) is 0 Å². The molecule has 0 unspecified atom stereocenters. The molecule has 1 saturated heterocycles. The van der Waals surface area contributed by atoms with Crippen LogP contribution in [-0.4, -0.2) is 35.6 Å². The molecular formula is C11H16N2O2. The second-order valence-corrected chi connectivity index (χ2v) is 4.72. The average Bonchev–Trinajstić information content (AvgIpc) is 2.73. The van der Waals surface area contributed by atoms with E-state index in [4.69, 9.17) is 5.26 Å². The van der Waals surface area contributed by atoms with Crippen molar-refractivity contribution in [3.63, 3.8) is 0 Å². The Morgan fingerprint density at radius 3 is 3.07 bits per heavy atom. The quantitative estimate of drug-likeness (QED) is 0.719. The molecule has 0 bridgehead atoms. The van der Waals surface area contributed by atoms with Gasteiger partial charge in [-0.15, -0.1) is 0 Å². The lowest BCUT2D eigenvalue weighted by Crippen LogP contribution is -2.33. The first kappa shape index (κ1) is 10.4. The minimum absolute atomic E-state index is 0.0335. The Kier molecular flexibility index (Phi) is 2.66. The molecule has 1 aliphatic carbocycles. The molecule has 1 heterocycles. The fraction of sp³-hybridized carbons (Fsp3) is 0.818. The van der Waals surface area contributed by atoms with Crippen LogP contribution in [0.4, 0.5) is 0 Å². The van der Waals surface area contributed by atoms with Crippen LogP contribution in [0.1, 0.15) is 25.7 Å². The molecule has 0 aromatic carbocycles.